The fourth-order valence-electron chi connectivity index (χ4n) is 1.96. The van der Waals surface area contributed by atoms with Gasteiger partial charge in [0.15, 0.2) is 0 Å². The molecule has 0 saturated carbocycles. The van der Waals surface area contributed by atoms with E-state index in [1.807, 2.05) is 38.1 Å². The van der Waals surface area contributed by atoms with Crippen LogP contribution >= 0.6 is 0 Å². The predicted molar refractivity (Wildman–Crippen MR) is 77.7 cm³/mol. The summed E-state index contributed by atoms with van der Waals surface area (Å²) in [5.74, 6) is 1.24. The van der Waals surface area contributed by atoms with Crippen LogP contribution < -0.4 is 4.74 Å². The number of benzene rings is 1. The Morgan fingerprint density at radius 1 is 1.24 bits per heavy atom. The van der Waals surface area contributed by atoms with E-state index in [9.17, 15) is 4.79 Å². The molecule has 21 heavy (non-hydrogen) atoms. The van der Waals surface area contributed by atoms with E-state index in [0.29, 0.717) is 18.9 Å². The SMILES string of the molecule is CCN(CC)C(=O)Cn1nnc(-c2ccc(OC)cc2)n1. The lowest BCUT2D eigenvalue weighted by atomic mass is 10.2. The molecule has 0 aliphatic heterocycles. The zero-order valence-electron chi connectivity index (χ0n) is 12.5. The summed E-state index contributed by atoms with van der Waals surface area (Å²) in [5.41, 5.74) is 0.831. The van der Waals surface area contributed by atoms with Crippen molar-refractivity contribution in [3.63, 3.8) is 0 Å². The summed E-state index contributed by atoms with van der Waals surface area (Å²) in [7, 11) is 1.61. The molecule has 2 aromatic rings. The average Bonchev–Trinajstić information content (AvgIpc) is 2.97. The fourth-order valence-corrected chi connectivity index (χ4v) is 1.96. The van der Waals surface area contributed by atoms with Gasteiger partial charge in [-0.05, 0) is 43.3 Å². The number of carbonyl (C=O) groups excluding carboxylic acids is 1. The number of nitrogens with zero attached hydrogens (tertiary/aromatic N) is 5. The summed E-state index contributed by atoms with van der Waals surface area (Å²) >= 11 is 0. The van der Waals surface area contributed by atoms with Crippen LogP contribution in [0.3, 0.4) is 0 Å². The lowest BCUT2D eigenvalue weighted by Gasteiger charge is -2.17. The molecule has 7 heteroatoms. The largest absolute Gasteiger partial charge is 0.497 e. The van der Waals surface area contributed by atoms with Crippen LogP contribution in [0.5, 0.6) is 5.75 Å². The normalized spacial score (nSPS) is 10.4. The number of ether oxygens (including phenoxy) is 1. The van der Waals surface area contributed by atoms with Crippen molar-refractivity contribution < 1.29 is 9.53 Å². The van der Waals surface area contributed by atoms with Crippen LogP contribution in [-0.4, -0.2) is 51.2 Å². The van der Waals surface area contributed by atoms with Gasteiger partial charge in [0.1, 0.15) is 12.3 Å². The van der Waals surface area contributed by atoms with Gasteiger partial charge in [-0.25, -0.2) is 0 Å². The third kappa shape index (κ3) is 3.56. The number of likely N-dealkylation sites (N-methyl/N-ethyl adjacent to an activating group) is 1. The van der Waals surface area contributed by atoms with Crippen LogP contribution in [-0.2, 0) is 11.3 Å². The van der Waals surface area contributed by atoms with Crippen LogP contribution in [0.4, 0.5) is 0 Å². The highest BCUT2D eigenvalue weighted by atomic mass is 16.5. The molecule has 112 valence electrons. The first-order valence-corrected chi connectivity index (χ1v) is 6.88. The van der Waals surface area contributed by atoms with Crippen molar-refractivity contribution in [3.8, 4) is 17.1 Å². The second-order valence-electron chi connectivity index (χ2n) is 4.44. The highest BCUT2D eigenvalue weighted by Gasteiger charge is 2.13. The molecule has 1 amide bonds. The third-order valence-corrected chi connectivity index (χ3v) is 3.19. The lowest BCUT2D eigenvalue weighted by molar-refractivity contribution is -0.131. The van der Waals surface area contributed by atoms with Gasteiger partial charge in [0, 0.05) is 18.7 Å². The molecule has 0 fully saturated rings. The quantitative estimate of drug-likeness (QED) is 0.799. The highest BCUT2D eigenvalue weighted by Crippen LogP contribution is 2.18. The van der Waals surface area contributed by atoms with Gasteiger partial charge in [-0.15, -0.1) is 10.2 Å². The zero-order chi connectivity index (χ0) is 15.2. The molecular formula is C14H19N5O2. The van der Waals surface area contributed by atoms with Crippen molar-refractivity contribution in [1.82, 2.24) is 25.1 Å². The summed E-state index contributed by atoms with van der Waals surface area (Å²) in [6, 6.07) is 7.37. The molecule has 1 aromatic heterocycles. The van der Waals surface area contributed by atoms with Gasteiger partial charge >= 0.3 is 0 Å². The van der Waals surface area contributed by atoms with Gasteiger partial charge in [-0.2, -0.15) is 4.80 Å². The number of carbonyl (C=O) groups is 1. The Kier molecular flexibility index (Phi) is 4.86. The Bertz CT molecular complexity index is 590. The van der Waals surface area contributed by atoms with Crippen molar-refractivity contribution in [2.75, 3.05) is 20.2 Å². The molecule has 1 aromatic carbocycles. The number of tetrazole rings is 1. The van der Waals surface area contributed by atoms with Crippen molar-refractivity contribution in [3.05, 3.63) is 24.3 Å². The van der Waals surface area contributed by atoms with Crippen molar-refractivity contribution >= 4 is 5.91 Å². The Labute approximate surface area is 123 Å². The number of methoxy groups -OCH3 is 1. The van der Waals surface area contributed by atoms with Crippen molar-refractivity contribution in [2.45, 2.75) is 20.4 Å². The number of hydrogen-bond acceptors (Lipinski definition) is 5. The molecule has 0 bridgehead atoms. The van der Waals surface area contributed by atoms with E-state index in [4.69, 9.17) is 4.74 Å². The molecular weight excluding hydrogens is 270 g/mol. The molecule has 0 aliphatic carbocycles. The van der Waals surface area contributed by atoms with E-state index >= 15 is 0 Å². The standard InChI is InChI=1S/C14H19N5O2/c1-4-18(5-2)13(20)10-19-16-14(15-17-19)11-6-8-12(21-3)9-7-11/h6-9H,4-5,10H2,1-3H3. The van der Waals surface area contributed by atoms with Crippen molar-refractivity contribution in [1.29, 1.82) is 0 Å². The fraction of sp³-hybridized carbons (Fsp3) is 0.429. The summed E-state index contributed by atoms with van der Waals surface area (Å²) < 4.78 is 5.10. The van der Waals surface area contributed by atoms with E-state index in [2.05, 4.69) is 15.4 Å². The first kappa shape index (κ1) is 15.0. The molecule has 0 atom stereocenters. The minimum atomic E-state index is -0.0151. The Balaban J connectivity index is 2.08. The summed E-state index contributed by atoms with van der Waals surface area (Å²) in [4.78, 5) is 15.0. The monoisotopic (exact) mass is 289 g/mol. The van der Waals surface area contributed by atoms with Crippen LogP contribution in [0.15, 0.2) is 24.3 Å². The third-order valence-electron chi connectivity index (χ3n) is 3.19. The number of hydrogen-bond donors (Lipinski definition) is 0. The Hall–Kier alpha value is -2.44. The van der Waals surface area contributed by atoms with E-state index in [1.54, 1.807) is 12.0 Å². The molecule has 0 radical (unpaired) electrons. The van der Waals surface area contributed by atoms with E-state index in [-0.39, 0.29) is 12.5 Å². The first-order chi connectivity index (χ1) is 10.2. The van der Waals surface area contributed by atoms with Crippen LogP contribution in [0.25, 0.3) is 11.4 Å². The van der Waals surface area contributed by atoms with E-state index < -0.39 is 0 Å². The van der Waals surface area contributed by atoms with Crippen molar-refractivity contribution in [2.24, 2.45) is 0 Å². The second kappa shape index (κ2) is 6.83. The minimum Gasteiger partial charge on any atom is -0.497 e. The minimum absolute atomic E-state index is 0.0151. The molecule has 7 nitrogen and oxygen atoms in total. The topological polar surface area (TPSA) is 73.1 Å². The van der Waals surface area contributed by atoms with E-state index in [1.165, 1.54) is 4.80 Å². The highest BCUT2D eigenvalue weighted by molar-refractivity contribution is 5.75. The molecule has 0 unspecified atom stereocenters. The van der Waals surface area contributed by atoms with Gasteiger partial charge in [0.25, 0.3) is 0 Å². The average molecular weight is 289 g/mol. The van der Waals surface area contributed by atoms with E-state index in [0.717, 1.165) is 11.3 Å². The molecule has 0 spiro atoms. The molecule has 0 N–H and O–H groups in total. The molecule has 2 rings (SSSR count). The smallest absolute Gasteiger partial charge is 0.246 e. The first-order valence-electron chi connectivity index (χ1n) is 6.88. The van der Waals surface area contributed by atoms with Gasteiger partial charge in [0.2, 0.25) is 11.7 Å². The number of aromatic nitrogens is 4. The predicted octanol–water partition coefficient (Wildman–Crippen LogP) is 1.22. The van der Waals surface area contributed by atoms with Crippen LogP contribution in [0, 0.1) is 0 Å². The van der Waals surface area contributed by atoms with Gasteiger partial charge in [-0.3, -0.25) is 4.79 Å². The molecule has 1 heterocycles. The number of amides is 1. The van der Waals surface area contributed by atoms with Gasteiger partial charge < -0.3 is 9.64 Å². The Morgan fingerprint density at radius 2 is 1.90 bits per heavy atom. The maximum Gasteiger partial charge on any atom is 0.246 e. The van der Waals surface area contributed by atoms with Gasteiger partial charge in [-0.1, -0.05) is 0 Å². The lowest BCUT2D eigenvalue weighted by Crippen LogP contribution is -2.34. The second-order valence-corrected chi connectivity index (χ2v) is 4.44. The molecule has 0 aliphatic rings. The molecule has 0 saturated heterocycles. The number of rotatable bonds is 6. The summed E-state index contributed by atoms with van der Waals surface area (Å²) in [6.07, 6.45) is 0. The summed E-state index contributed by atoms with van der Waals surface area (Å²) in [6.45, 7) is 5.34. The maximum absolute atomic E-state index is 12.0. The zero-order valence-corrected chi connectivity index (χ0v) is 12.5. The Morgan fingerprint density at radius 3 is 2.48 bits per heavy atom. The summed E-state index contributed by atoms with van der Waals surface area (Å²) in [5, 5.41) is 12.1. The van der Waals surface area contributed by atoms with Crippen LogP contribution in [0.2, 0.25) is 0 Å². The van der Waals surface area contributed by atoms with Gasteiger partial charge in [0.05, 0.1) is 7.11 Å². The maximum atomic E-state index is 12.0. The van der Waals surface area contributed by atoms with Crippen LogP contribution in [0.1, 0.15) is 13.8 Å².